The number of amides is 2. The van der Waals surface area contributed by atoms with E-state index in [9.17, 15) is 24.0 Å². The summed E-state index contributed by atoms with van der Waals surface area (Å²) in [6.07, 6.45) is -0.627. The SMILES string of the molecule is CC(C)(C)OC(=O)CCC(NC(=O)NC(CCC(=O)OCc1ccccc1)C(=O)OCc1ccccc1)C(=O)OCc1ccccc1. The molecule has 0 saturated heterocycles. The van der Waals surface area contributed by atoms with Gasteiger partial charge < -0.3 is 29.6 Å². The average Bonchev–Trinajstić information content (AvgIpc) is 3.06. The summed E-state index contributed by atoms with van der Waals surface area (Å²) in [6.45, 7) is 5.11. The number of hydrogen-bond donors (Lipinski definition) is 2. The summed E-state index contributed by atoms with van der Waals surface area (Å²) in [7, 11) is 0. The monoisotopic (exact) mass is 646 g/mol. The minimum Gasteiger partial charge on any atom is -0.461 e. The zero-order valence-corrected chi connectivity index (χ0v) is 26.9. The molecule has 0 heterocycles. The predicted octanol–water partition coefficient (Wildman–Crippen LogP) is 5.16. The molecule has 0 fully saturated rings. The predicted molar refractivity (Wildman–Crippen MR) is 172 cm³/mol. The molecule has 3 aromatic rings. The van der Waals surface area contributed by atoms with E-state index in [2.05, 4.69) is 10.6 Å². The number of esters is 4. The van der Waals surface area contributed by atoms with Crippen LogP contribution in [0.2, 0.25) is 0 Å². The van der Waals surface area contributed by atoms with Gasteiger partial charge in [0.05, 0.1) is 0 Å². The fourth-order valence-corrected chi connectivity index (χ4v) is 4.24. The molecule has 47 heavy (non-hydrogen) atoms. The highest BCUT2D eigenvalue weighted by Gasteiger charge is 2.29. The van der Waals surface area contributed by atoms with Crippen LogP contribution in [0.3, 0.4) is 0 Å². The normalized spacial score (nSPS) is 12.1. The first-order chi connectivity index (χ1) is 22.5. The van der Waals surface area contributed by atoms with Crippen LogP contribution in [0, 0.1) is 0 Å². The Balaban J connectivity index is 1.66. The van der Waals surface area contributed by atoms with Crippen LogP contribution in [-0.2, 0) is 57.9 Å². The van der Waals surface area contributed by atoms with Crippen molar-refractivity contribution in [3.8, 4) is 0 Å². The van der Waals surface area contributed by atoms with Crippen molar-refractivity contribution in [2.75, 3.05) is 0 Å². The lowest BCUT2D eigenvalue weighted by atomic mass is 10.1. The maximum atomic E-state index is 13.2. The third-order valence-corrected chi connectivity index (χ3v) is 6.56. The van der Waals surface area contributed by atoms with E-state index in [0.29, 0.717) is 0 Å². The van der Waals surface area contributed by atoms with Gasteiger partial charge in [0, 0.05) is 12.8 Å². The molecule has 0 bridgehead atoms. The van der Waals surface area contributed by atoms with Gasteiger partial charge in [-0.25, -0.2) is 14.4 Å². The molecule has 2 amide bonds. The van der Waals surface area contributed by atoms with Crippen LogP contribution >= 0.6 is 0 Å². The molecular weight excluding hydrogens is 604 g/mol. The second-order valence-corrected chi connectivity index (χ2v) is 11.7. The first-order valence-corrected chi connectivity index (χ1v) is 15.4. The first-order valence-electron chi connectivity index (χ1n) is 15.4. The third-order valence-electron chi connectivity index (χ3n) is 6.56. The van der Waals surface area contributed by atoms with Crippen LogP contribution in [0.15, 0.2) is 91.0 Å². The molecule has 3 aromatic carbocycles. The minimum atomic E-state index is -1.25. The van der Waals surface area contributed by atoms with Crippen molar-refractivity contribution in [3.05, 3.63) is 108 Å². The molecule has 2 atom stereocenters. The van der Waals surface area contributed by atoms with Crippen molar-refractivity contribution in [2.45, 2.75) is 84.0 Å². The Morgan fingerprint density at radius 3 is 1.30 bits per heavy atom. The van der Waals surface area contributed by atoms with Gasteiger partial charge in [-0.1, -0.05) is 91.0 Å². The summed E-state index contributed by atoms with van der Waals surface area (Å²) in [4.78, 5) is 64.2. The summed E-state index contributed by atoms with van der Waals surface area (Å²) in [5.74, 6) is -2.69. The summed E-state index contributed by atoms with van der Waals surface area (Å²) in [6, 6.07) is 23.7. The van der Waals surface area contributed by atoms with Crippen molar-refractivity contribution in [3.63, 3.8) is 0 Å². The minimum absolute atomic E-state index is 0.0502. The molecule has 0 aromatic heterocycles. The third kappa shape index (κ3) is 14.6. The number of ether oxygens (including phenoxy) is 4. The van der Waals surface area contributed by atoms with Crippen molar-refractivity contribution in [1.82, 2.24) is 10.6 Å². The molecule has 0 radical (unpaired) electrons. The van der Waals surface area contributed by atoms with E-state index in [1.165, 1.54) is 0 Å². The molecule has 11 nitrogen and oxygen atoms in total. The van der Waals surface area contributed by atoms with Crippen molar-refractivity contribution in [2.24, 2.45) is 0 Å². The van der Waals surface area contributed by atoms with E-state index in [1.54, 1.807) is 69.3 Å². The molecule has 2 N–H and O–H groups in total. The average molecular weight is 647 g/mol. The Kier molecular flexibility index (Phi) is 14.4. The highest BCUT2D eigenvalue weighted by Crippen LogP contribution is 2.12. The molecule has 0 spiro atoms. The Morgan fingerprint density at radius 2 is 0.915 bits per heavy atom. The highest BCUT2D eigenvalue weighted by molar-refractivity contribution is 5.87. The molecule has 2 unspecified atom stereocenters. The molecule has 0 saturated carbocycles. The van der Waals surface area contributed by atoms with E-state index >= 15 is 0 Å². The quantitative estimate of drug-likeness (QED) is 0.159. The summed E-state index contributed by atoms with van der Waals surface area (Å²) in [5, 5.41) is 5.02. The maximum Gasteiger partial charge on any atom is 0.329 e. The van der Waals surface area contributed by atoms with E-state index < -0.39 is 47.6 Å². The number of carbonyl (C=O) groups is 5. The Morgan fingerprint density at radius 1 is 0.553 bits per heavy atom. The van der Waals surface area contributed by atoms with Gasteiger partial charge in [0.2, 0.25) is 0 Å². The van der Waals surface area contributed by atoms with Crippen LogP contribution < -0.4 is 10.6 Å². The summed E-state index contributed by atoms with van der Waals surface area (Å²) < 4.78 is 21.5. The van der Waals surface area contributed by atoms with Crippen LogP contribution in [0.5, 0.6) is 0 Å². The molecular formula is C36H42N2O9. The van der Waals surface area contributed by atoms with Crippen LogP contribution in [0.4, 0.5) is 4.79 Å². The fourth-order valence-electron chi connectivity index (χ4n) is 4.24. The topological polar surface area (TPSA) is 146 Å². The lowest BCUT2D eigenvalue weighted by Crippen LogP contribution is -2.52. The largest absolute Gasteiger partial charge is 0.461 e. The number of carbonyl (C=O) groups excluding carboxylic acids is 5. The number of rotatable bonds is 16. The van der Waals surface area contributed by atoms with E-state index in [1.807, 2.05) is 42.5 Å². The molecule has 0 aliphatic heterocycles. The number of nitrogens with one attached hydrogen (secondary N) is 2. The molecule has 0 aliphatic rings. The maximum absolute atomic E-state index is 13.2. The Labute approximate surface area is 274 Å². The lowest BCUT2D eigenvalue weighted by molar-refractivity contribution is -0.155. The van der Waals surface area contributed by atoms with E-state index in [-0.39, 0.29) is 45.5 Å². The standard InChI is InChI=1S/C36H42N2O9/c1-36(2,3)47-32(40)22-20-30(34(42)46-25-28-17-11-6-12-18-28)38-35(43)37-29(33(41)45-24-27-15-9-5-10-16-27)19-21-31(39)44-23-26-13-7-4-8-14-26/h4-18,29-30H,19-25H2,1-3H3,(H2,37,38,43). The van der Waals surface area contributed by atoms with Gasteiger partial charge >= 0.3 is 29.9 Å². The molecule has 0 aliphatic carbocycles. The van der Waals surface area contributed by atoms with Crippen molar-refractivity contribution < 1.29 is 42.9 Å². The van der Waals surface area contributed by atoms with Crippen molar-refractivity contribution >= 4 is 29.9 Å². The number of hydrogen-bond acceptors (Lipinski definition) is 9. The molecule has 11 heteroatoms. The van der Waals surface area contributed by atoms with Crippen LogP contribution in [-0.4, -0.2) is 47.6 Å². The van der Waals surface area contributed by atoms with E-state index in [4.69, 9.17) is 18.9 Å². The van der Waals surface area contributed by atoms with Gasteiger partial charge in [0.1, 0.15) is 37.5 Å². The number of benzene rings is 3. The highest BCUT2D eigenvalue weighted by atomic mass is 16.6. The molecule has 3 rings (SSSR count). The lowest BCUT2D eigenvalue weighted by Gasteiger charge is -2.22. The summed E-state index contributed by atoms with van der Waals surface area (Å²) >= 11 is 0. The smallest absolute Gasteiger partial charge is 0.329 e. The Bertz CT molecular complexity index is 1440. The van der Waals surface area contributed by atoms with Crippen LogP contribution in [0.1, 0.15) is 63.1 Å². The van der Waals surface area contributed by atoms with Gasteiger partial charge in [-0.3, -0.25) is 9.59 Å². The van der Waals surface area contributed by atoms with Gasteiger partial charge in [-0.2, -0.15) is 0 Å². The first kappa shape index (κ1) is 36.3. The zero-order chi connectivity index (χ0) is 34.1. The van der Waals surface area contributed by atoms with Crippen molar-refractivity contribution in [1.29, 1.82) is 0 Å². The van der Waals surface area contributed by atoms with Gasteiger partial charge in [-0.15, -0.1) is 0 Å². The fraction of sp³-hybridized carbons (Fsp3) is 0.361. The van der Waals surface area contributed by atoms with Gasteiger partial charge in [0.25, 0.3) is 0 Å². The van der Waals surface area contributed by atoms with Gasteiger partial charge in [-0.05, 0) is 50.3 Å². The van der Waals surface area contributed by atoms with E-state index in [0.717, 1.165) is 16.7 Å². The Hall–Kier alpha value is -5.19. The molecule has 250 valence electrons. The second-order valence-electron chi connectivity index (χ2n) is 11.7. The number of urea groups is 1. The second kappa shape index (κ2) is 18.7. The van der Waals surface area contributed by atoms with Gasteiger partial charge in [0.15, 0.2) is 0 Å². The summed E-state index contributed by atoms with van der Waals surface area (Å²) in [5.41, 5.74) is 1.53. The zero-order valence-electron chi connectivity index (χ0n) is 26.9. The van der Waals surface area contributed by atoms with Crippen LogP contribution in [0.25, 0.3) is 0 Å².